The molecule has 0 radical (unpaired) electrons. The summed E-state index contributed by atoms with van der Waals surface area (Å²) in [6.45, 7) is 11.7. The Labute approximate surface area is 116 Å². The quantitative estimate of drug-likeness (QED) is 0.903. The van der Waals surface area contributed by atoms with Gasteiger partial charge in [0.05, 0.1) is 6.61 Å². The van der Waals surface area contributed by atoms with Crippen LogP contribution in [0.1, 0.15) is 27.7 Å². The zero-order chi connectivity index (χ0) is 13.8. The lowest BCUT2D eigenvalue weighted by Gasteiger charge is -2.43. The molecule has 0 aromatic heterocycles. The number of benzene rings is 1. The van der Waals surface area contributed by atoms with Gasteiger partial charge in [-0.25, -0.2) is 0 Å². The number of piperazine rings is 1. The normalized spacial score (nSPS) is 23.7. The van der Waals surface area contributed by atoms with E-state index in [4.69, 9.17) is 4.74 Å². The highest BCUT2D eigenvalue weighted by Crippen LogP contribution is 2.25. The summed E-state index contributed by atoms with van der Waals surface area (Å²) in [6.07, 6.45) is 0. The van der Waals surface area contributed by atoms with Crippen molar-refractivity contribution in [1.82, 2.24) is 5.32 Å². The van der Waals surface area contributed by atoms with Crippen LogP contribution in [0.25, 0.3) is 0 Å². The van der Waals surface area contributed by atoms with E-state index < -0.39 is 0 Å². The second-order valence-corrected chi connectivity index (χ2v) is 5.70. The molecule has 0 amide bonds. The fourth-order valence-electron chi connectivity index (χ4n) is 2.72. The van der Waals surface area contributed by atoms with Crippen molar-refractivity contribution in [1.29, 1.82) is 0 Å². The standard InChI is InChI=1S/C16H26N2O/c1-5-19-15-8-6-14(7-9-15)18-11-13(4)17-10-16(18)12(2)3/h6-9,12-13,16-17H,5,10-11H2,1-4H3. The molecule has 1 N–H and O–H groups in total. The van der Waals surface area contributed by atoms with Crippen molar-refractivity contribution in [2.75, 3.05) is 24.6 Å². The number of rotatable bonds is 4. The van der Waals surface area contributed by atoms with E-state index in [-0.39, 0.29) is 0 Å². The molecule has 1 aromatic carbocycles. The third-order valence-corrected chi connectivity index (χ3v) is 3.80. The maximum Gasteiger partial charge on any atom is 0.119 e. The van der Waals surface area contributed by atoms with Crippen LogP contribution in [-0.2, 0) is 0 Å². The molecule has 0 spiro atoms. The Bertz CT molecular complexity index is 388. The largest absolute Gasteiger partial charge is 0.494 e. The summed E-state index contributed by atoms with van der Waals surface area (Å²) in [5, 5.41) is 3.58. The Morgan fingerprint density at radius 1 is 1.32 bits per heavy atom. The molecule has 106 valence electrons. The van der Waals surface area contributed by atoms with E-state index in [2.05, 4.69) is 55.3 Å². The monoisotopic (exact) mass is 262 g/mol. The van der Waals surface area contributed by atoms with Crippen LogP contribution in [0.5, 0.6) is 5.75 Å². The fourth-order valence-corrected chi connectivity index (χ4v) is 2.72. The molecule has 2 unspecified atom stereocenters. The lowest BCUT2D eigenvalue weighted by molar-refractivity contribution is 0.339. The Kier molecular flexibility index (Phi) is 4.70. The van der Waals surface area contributed by atoms with Gasteiger partial charge in [0.2, 0.25) is 0 Å². The molecular weight excluding hydrogens is 236 g/mol. The van der Waals surface area contributed by atoms with Crippen molar-refractivity contribution < 1.29 is 4.74 Å². The van der Waals surface area contributed by atoms with Gasteiger partial charge >= 0.3 is 0 Å². The minimum Gasteiger partial charge on any atom is -0.494 e. The van der Waals surface area contributed by atoms with Crippen LogP contribution in [0, 0.1) is 5.92 Å². The average molecular weight is 262 g/mol. The summed E-state index contributed by atoms with van der Waals surface area (Å²) < 4.78 is 5.51. The van der Waals surface area contributed by atoms with Crippen molar-refractivity contribution in [3.8, 4) is 5.75 Å². The second-order valence-electron chi connectivity index (χ2n) is 5.70. The summed E-state index contributed by atoms with van der Waals surface area (Å²) >= 11 is 0. The van der Waals surface area contributed by atoms with Gasteiger partial charge in [0.1, 0.15) is 5.75 Å². The topological polar surface area (TPSA) is 24.5 Å². The maximum atomic E-state index is 5.51. The smallest absolute Gasteiger partial charge is 0.119 e. The Morgan fingerprint density at radius 2 is 2.00 bits per heavy atom. The number of hydrogen-bond donors (Lipinski definition) is 1. The number of anilines is 1. The van der Waals surface area contributed by atoms with Crippen molar-refractivity contribution in [3.05, 3.63) is 24.3 Å². The molecule has 1 heterocycles. The summed E-state index contributed by atoms with van der Waals surface area (Å²) in [5.41, 5.74) is 1.30. The van der Waals surface area contributed by atoms with E-state index in [0.29, 0.717) is 18.0 Å². The molecule has 1 aliphatic heterocycles. The zero-order valence-corrected chi connectivity index (χ0v) is 12.5. The molecule has 2 atom stereocenters. The average Bonchev–Trinajstić information content (AvgIpc) is 2.39. The molecular formula is C16H26N2O. The van der Waals surface area contributed by atoms with Crippen LogP contribution in [0.15, 0.2) is 24.3 Å². The lowest BCUT2D eigenvalue weighted by atomic mass is 9.98. The highest BCUT2D eigenvalue weighted by Gasteiger charge is 2.28. The van der Waals surface area contributed by atoms with E-state index in [9.17, 15) is 0 Å². The highest BCUT2D eigenvalue weighted by atomic mass is 16.5. The SMILES string of the molecule is CCOc1ccc(N2CC(C)NCC2C(C)C)cc1. The molecule has 1 aromatic rings. The van der Waals surface area contributed by atoms with Crippen LogP contribution in [0.4, 0.5) is 5.69 Å². The van der Waals surface area contributed by atoms with E-state index in [0.717, 1.165) is 25.4 Å². The molecule has 0 bridgehead atoms. The first-order valence-corrected chi connectivity index (χ1v) is 7.34. The van der Waals surface area contributed by atoms with Crippen molar-refractivity contribution in [2.45, 2.75) is 39.8 Å². The molecule has 1 fully saturated rings. The maximum absolute atomic E-state index is 5.51. The second kappa shape index (κ2) is 6.29. The van der Waals surface area contributed by atoms with Gasteiger partial charge in [-0.05, 0) is 44.0 Å². The fraction of sp³-hybridized carbons (Fsp3) is 0.625. The van der Waals surface area contributed by atoms with E-state index in [1.165, 1.54) is 5.69 Å². The molecule has 3 nitrogen and oxygen atoms in total. The van der Waals surface area contributed by atoms with Gasteiger partial charge < -0.3 is 15.0 Å². The molecule has 19 heavy (non-hydrogen) atoms. The van der Waals surface area contributed by atoms with Crippen molar-refractivity contribution in [3.63, 3.8) is 0 Å². The first-order valence-electron chi connectivity index (χ1n) is 7.34. The van der Waals surface area contributed by atoms with Crippen LogP contribution >= 0.6 is 0 Å². The number of nitrogens with one attached hydrogen (secondary N) is 1. The van der Waals surface area contributed by atoms with Gasteiger partial charge in [-0.3, -0.25) is 0 Å². The van der Waals surface area contributed by atoms with Gasteiger partial charge in [-0.1, -0.05) is 13.8 Å². The van der Waals surface area contributed by atoms with E-state index in [1.807, 2.05) is 6.92 Å². The zero-order valence-electron chi connectivity index (χ0n) is 12.5. The molecule has 1 aliphatic rings. The predicted molar refractivity (Wildman–Crippen MR) is 81.0 cm³/mol. The third-order valence-electron chi connectivity index (χ3n) is 3.80. The van der Waals surface area contributed by atoms with Crippen molar-refractivity contribution >= 4 is 5.69 Å². The molecule has 1 saturated heterocycles. The summed E-state index contributed by atoms with van der Waals surface area (Å²) in [5.74, 6) is 1.60. The Morgan fingerprint density at radius 3 is 2.58 bits per heavy atom. The van der Waals surface area contributed by atoms with Crippen LogP contribution in [0.3, 0.4) is 0 Å². The highest BCUT2D eigenvalue weighted by molar-refractivity contribution is 5.51. The van der Waals surface area contributed by atoms with Gasteiger partial charge in [-0.2, -0.15) is 0 Å². The van der Waals surface area contributed by atoms with Gasteiger partial charge in [0, 0.05) is 30.9 Å². The summed E-state index contributed by atoms with van der Waals surface area (Å²) in [6, 6.07) is 9.61. The van der Waals surface area contributed by atoms with Crippen LogP contribution in [-0.4, -0.2) is 31.8 Å². The lowest BCUT2D eigenvalue weighted by Crippen LogP contribution is -2.57. The number of ether oxygens (including phenoxy) is 1. The number of nitrogens with zero attached hydrogens (tertiary/aromatic N) is 1. The summed E-state index contributed by atoms with van der Waals surface area (Å²) in [4.78, 5) is 2.53. The van der Waals surface area contributed by atoms with E-state index >= 15 is 0 Å². The minimum absolute atomic E-state index is 0.543. The number of hydrogen-bond acceptors (Lipinski definition) is 3. The Hall–Kier alpha value is -1.22. The summed E-state index contributed by atoms with van der Waals surface area (Å²) in [7, 11) is 0. The minimum atomic E-state index is 0.543. The van der Waals surface area contributed by atoms with Crippen LogP contribution < -0.4 is 15.0 Å². The predicted octanol–water partition coefficient (Wildman–Crippen LogP) is 2.91. The van der Waals surface area contributed by atoms with Crippen molar-refractivity contribution in [2.24, 2.45) is 5.92 Å². The molecule has 3 heteroatoms. The van der Waals surface area contributed by atoms with E-state index in [1.54, 1.807) is 0 Å². The van der Waals surface area contributed by atoms with Gasteiger partial charge in [-0.15, -0.1) is 0 Å². The molecule has 0 saturated carbocycles. The van der Waals surface area contributed by atoms with Gasteiger partial charge in [0.15, 0.2) is 0 Å². The van der Waals surface area contributed by atoms with Crippen LogP contribution in [0.2, 0.25) is 0 Å². The molecule has 0 aliphatic carbocycles. The first-order chi connectivity index (χ1) is 9.11. The third kappa shape index (κ3) is 3.41. The molecule has 2 rings (SSSR count). The van der Waals surface area contributed by atoms with Gasteiger partial charge in [0.25, 0.3) is 0 Å². The Balaban J connectivity index is 2.16. The first kappa shape index (κ1) is 14.2.